The van der Waals surface area contributed by atoms with Gasteiger partial charge in [-0.15, -0.1) is 0 Å². The highest BCUT2D eigenvalue weighted by Crippen LogP contribution is 2.12. The molecule has 2 heterocycles. The molecule has 36 heavy (non-hydrogen) atoms. The summed E-state index contributed by atoms with van der Waals surface area (Å²) in [4.78, 5) is 43.6. The Labute approximate surface area is 207 Å². The van der Waals surface area contributed by atoms with E-state index in [9.17, 15) is 14.4 Å². The molecule has 4 aromatic rings. The standard InChI is InChI=1S/C26H28N4O6/c1-34-15-13-28-18-27-24-23(28)25(32)30(26(33)29(24)16-20-6-4-3-5-7-20)17-22(31)36-14-12-19-8-10-21(35-2)11-9-19/h3-11,18H,12-17H2,1-2H3. The summed E-state index contributed by atoms with van der Waals surface area (Å²) < 4.78 is 19.6. The fraction of sp³-hybridized carbons (Fsp3) is 0.308. The number of benzene rings is 2. The summed E-state index contributed by atoms with van der Waals surface area (Å²) in [5.41, 5.74) is 1.09. The molecule has 10 nitrogen and oxygen atoms in total. The number of esters is 1. The molecule has 4 rings (SSSR count). The van der Waals surface area contributed by atoms with Crippen molar-refractivity contribution in [2.75, 3.05) is 27.4 Å². The fourth-order valence-corrected chi connectivity index (χ4v) is 3.90. The number of aromatic nitrogens is 4. The lowest BCUT2D eigenvalue weighted by Crippen LogP contribution is -2.42. The number of methoxy groups -OCH3 is 2. The van der Waals surface area contributed by atoms with Gasteiger partial charge in [-0.25, -0.2) is 14.3 Å². The average molecular weight is 493 g/mol. The first-order chi connectivity index (χ1) is 17.5. The Morgan fingerprint density at radius 3 is 2.36 bits per heavy atom. The van der Waals surface area contributed by atoms with Crippen LogP contribution >= 0.6 is 0 Å². The zero-order valence-corrected chi connectivity index (χ0v) is 20.3. The molecule has 0 unspecified atom stereocenters. The molecule has 2 aromatic heterocycles. The molecule has 0 spiro atoms. The van der Waals surface area contributed by atoms with Gasteiger partial charge >= 0.3 is 11.7 Å². The maximum absolute atomic E-state index is 13.4. The Hall–Kier alpha value is -4.18. The van der Waals surface area contributed by atoms with Gasteiger partial charge in [-0.3, -0.25) is 14.2 Å². The van der Waals surface area contributed by atoms with Crippen molar-refractivity contribution in [3.63, 3.8) is 0 Å². The van der Waals surface area contributed by atoms with E-state index in [0.717, 1.165) is 21.4 Å². The molecular weight excluding hydrogens is 464 g/mol. The van der Waals surface area contributed by atoms with Crippen molar-refractivity contribution in [1.82, 2.24) is 18.7 Å². The predicted molar refractivity (Wildman–Crippen MR) is 133 cm³/mol. The van der Waals surface area contributed by atoms with E-state index in [4.69, 9.17) is 14.2 Å². The van der Waals surface area contributed by atoms with Crippen LogP contribution in [0.3, 0.4) is 0 Å². The molecular formula is C26H28N4O6. The Kier molecular flexibility index (Phi) is 7.96. The summed E-state index contributed by atoms with van der Waals surface area (Å²) in [5.74, 6) is 0.0679. The second-order valence-corrected chi connectivity index (χ2v) is 8.17. The van der Waals surface area contributed by atoms with Crippen molar-refractivity contribution in [2.24, 2.45) is 0 Å². The molecule has 0 radical (unpaired) electrons. The largest absolute Gasteiger partial charge is 0.497 e. The van der Waals surface area contributed by atoms with Crippen LogP contribution in [0.25, 0.3) is 11.2 Å². The van der Waals surface area contributed by atoms with Gasteiger partial charge in [-0.1, -0.05) is 42.5 Å². The summed E-state index contributed by atoms with van der Waals surface area (Å²) in [7, 11) is 3.15. The van der Waals surface area contributed by atoms with Gasteiger partial charge < -0.3 is 18.8 Å². The van der Waals surface area contributed by atoms with Gasteiger partial charge in [-0.05, 0) is 23.3 Å². The number of imidazole rings is 1. The molecule has 0 fully saturated rings. The summed E-state index contributed by atoms with van der Waals surface area (Å²) >= 11 is 0. The van der Waals surface area contributed by atoms with Gasteiger partial charge in [0.15, 0.2) is 11.2 Å². The molecule has 188 valence electrons. The third kappa shape index (κ3) is 5.55. The van der Waals surface area contributed by atoms with Gasteiger partial charge in [0.05, 0.1) is 33.2 Å². The molecule has 0 bridgehead atoms. The number of rotatable bonds is 11. The van der Waals surface area contributed by atoms with Gasteiger partial charge in [0, 0.05) is 20.1 Å². The lowest BCUT2D eigenvalue weighted by atomic mass is 10.1. The maximum Gasteiger partial charge on any atom is 0.333 e. The van der Waals surface area contributed by atoms with E-state index in [1.54, 1.807) is 18.8 Å². The molecule has 0 amide bonds. The Morgan fingerprint density at radius 1 is 0.917 bits per heavy atom. The zero-order valence-electron chi connectivity index (χ0n) is 20.3. The molecule has 0 aliphatic rings. The normalized spacial score (nSPS) is 11.1. The monoisotopic (exact) mass is 492 g/mol. The molecule has 10 heteroatoms. The van der Waals surface area contributed by atoms with E-state index in [1.807, 2.05) is 54.6 Å². The van der Waals surface area contributed by atoms with Crippen LogP contribution in [0.4, 0.5) is 0 Å². The molecule has 0 saturated heterocycles. The highest BCUT2D eigenvalue weighted by Gasteiger charge is 2.20. The number of nitrogens with zero attached hydrogens (tertiary/aromatic N) is 4. The number of hydrogen-bond acceptors (Lipinski definition) is 7. The number of hydrogen-bond donors (Lipinski definition) is 0. The average Bonchev–Trinajstić information content (AvgIpc) is 3.33. The SMILES string of the molecule is COCCn1cnc2c1c(=O)n(CC(=O)OCCc1ccc(OC)cc1)c(=O)n2Cc1ccccc1. The van der Waals surface area contributed by atoms with E-state index < -0.39 is 23.8 Å². The van der Waals surface area contributed by atoms with Crippen LogP contribution in [0.5, 0.6) is 5.75 Å². The van der Waals surface area contributed by atoms with E-state index in [-0.39, 0.29) is 24.3 Å². The van der Waals surface area contributed by atoms with Crippen LogP contribution < -0.4 is 16.0 Å². The van der Waals surface area contributed by atoms with Gasteiger partial charge in [0.2, 0.25) is 0 Å². The first kappa shape index (κ1) is 24.9. The minimum absolute atomic E-state index is 0.117. The van der Waals surface area contributed by atoms with Crippen LogP contribution in [-0.2, 0) is 40.3 Å². The van der Waals surface area contributed by atoms with Crippen molar-refractivity contribution in [1.29, 1.82) is 0 Å². The molecule has 2 aromatic carbocycles. The maximum atomic E-state index is 13.4. The minimum Gasteiger partial charge on any atom is -0.497 e. The third-order valence-corrected chi connectivity index (χ3v) is 5.80. The predicted octanol–water partition coefficient (Wildman–Crippen LogP) is 1.85. The molecule has 0 atom stereocenters. The van der Waals surface area contributed by atoms with Crippen LogP contribution in [0.2, 0.25) is 0 Å². The summed E-state index contributed by atoms with van der Waals surface area (Å²) in [6.07, 6.45) is 2.00. The number of carbonyl (C=O) groups is 1. The highest BCUT2D eigenvalue weighted by atomic mass is 16.5. The highest BCUT2D eigenvalue weighted by molar-refractivity contribution is 5.72. The summed E-state index contributed by atoms with van der Waals surface area (Å²) in [6, 6.07) is 16.8. The number of carbonyl (C=O) groups excluding carboxylic acids is 1. The summed E-state index contributed by atoms with van der Waals surface area (Å²) in [5, 5.41) is 0. The first-order valence-electron chi connectivity index (χ1n) is 11.5. The van der Waals surface area contributed by atoms with Crippen LogP contribution in [0.1, 0.15) is 11.1 Å². The van der Waals surface area contributed by atoms with E-state index in [0.29, 0.717) is 19.6 Å². The van der Waals surface area contributed by atoms with Crippen LogP contribution in [-0.4, -0.2) is 52.1 Å². The smallest absolute Gasteiger partial charge is 0.333 e. The molecule has 0 N–H and O–H groups in total. The van der Waals surface area contributed by atoms with E-state index in [2.05, 4.69) is 4.98 Å². The number of ether oxygens (including phenoxy) is 3. The quantitative estimate of drug-likeness (QED) is 0.294. The molecule has 0 aliphatic heterocycles. The number of fused-ring (bicyclic) bond motifs is 1. The zero-order chi connectivity index (χ0) is 25.5. The van der Waals surface area contributed by atoms with Crippen molar-refractivity contribution in [3.8, 4) is 5.75 Å². The Morgan fingerprint density at radius 2 is 1.67 bits per heavy atom. The van der Waals surface area contributed by atoms with E-state index >= 15 is 0 Å². The lowest BCUT2D eigenvalue weighted by Gasteiger charge is -2.13. The first-order valence-corrected chi connectivity index (χ1v) is 11.5. The molecule has 0 aliphatic carbocycles. The second kappa shape index (κ2) is 11.5. The lowest BCUT2D eigenvalue weighted by molar-refractivity contribution is -0.144. The van der Waals surface area contributed by atoms with Gasteiger partial charge in [0.1, 0.15) is 12.3 Å². The Balaban J connectivity index is 1.59. The minimum atomic E-state index is -0.670. The van der Waals surface area contributed by atoms with Crippen LogP contribution in [0, 0.1) is 0 Å². The van der Waals surface area contributed by atoms with Crippen molar-refractivity contribution in [3.05, 3.63) is 92.9 Å². The van der Waals surface area contributed by atoms with Crippen molar-refractivity contribution in [2.45, 2.75) is 26.1 Å². The Bertz CT molecular complexity index is 1440. The molecule has 0 saturated carbocycles. The van der Waals surface area contributed by atoms with Gasteiger partial charge in [-0.2, -0.15) is 0 Å². The summed E-state index contributed by atoms with van der Waals surface area (Å²) in [6.45, 7) is 0.547. The fourth-order valence-electron chi connectivity index (χ4n) is 3.90. The van der Waals surface area contributed by atoms with Gasteiger partial charge in [0.25, 0.3) is 5.56 Å². The van der Waals surface area contributed by atoms with Crippen LogP contribution in [0.15, 0.2) is 70.5 Å². The topological polar surface area (TPSA) is 107 Å². The van der Waals surface area contributed by atoms with Crippen molar-refractivity contribution >= 4 is 17.1 Å². The third-order valence-electron chi connectivity index (χ3n) is 5.80. The second-order valence-electron chi connectivity index (χ2n) is 8.17. The van der Waals surface area contributed by atoms with Crippen molar-refractivity contribution < 1.29 is 19.0 Å². The van der Waals surface area contributed by atoms with E-state index in [1.165, 1.54) is 10.9 Å².